The topological polar surface area (TPSA) is 37.3 Å². The van der Waals surface area contributed by atoms with Gasteiger partial charge in [-0.15, -0.1) is 0 Å². The van der Waals surface area contributed by atoms with Gasteiger partial charge in [-0.3, -0.25) is 4.79 Å². The quantitative estimate of drug-likeness (QED) is 0.935. The maximum Gasteiger partial charge on any atom is 0.251 e. The van der Waals surface area contributed by atoms with E-state index in [2.05, 4.69) is 35.7 Å². The molecule has 1 aromatic heterocycles. The van der Waals surface area contributed by atoms with Crippen LogP contribution in [0.5, 0.6) is 0 Å². The molecular weight excluding hydrogens is 262 g/mol. The molecule has 0 atom stereocenters. The van der Waals surface area contributed by atoms with Crippen molar-refractivity contribution in [2.45, 2.75) is 20.3 Å². The van der Waals surface area contributed by atoms with Crippen molar-refractivity contribution in [1.29, 1.82) is 0 Å². The zero-order valence-electron chi connectivity index (χ0n) is 13.1. The van der Waals surface area contributed by atoms with E-state index in [1.165, 1.54) is 41.7 Å². The number of amides is 1. The Balaban J connectivity index is 1.73. The van der Waals surface area contributed by atoms with Gasteiger partial charge in [-0.05, 0) is 57.1 Å². The summed E-state index contributed by atoms with van der Waals surface area (Å²) in [6.07, 6.45) is 1.29. The van der Waals surface area contributed by atoms with Crippen LogP contribution in [0.15, 0.2) is 18.2 Å². The number of likely N-dealkylation sites (tertiary alicyclic amines) is 1. The predicted octanol–water partition coefficient (Wildman–Crippen LogP) is 2.23. The van der Waals surface area contributed by atoms with Crippen LogP contribution in [0.3, 0.4) is 0 Å². The third-order valence-corrected chi connectivity index (χ3v) is 4.73. The normalized spacial score (nSPS) is 15.2. The van der Waals surface area contributed by atoms with Gasteiger partial charge in [0.15, 0.2) is 0 Å². The molecule has 2 heterocycles. The molecule has 1 aliphatic heterocycles. The van der Waals surface area contributed by atoms with E-state index < -0.39 is 0 Å². The van der Waals surface area contributed by atoms with Crippen molar-refractivity contribution in [3.8, 4) is 0 Å². The average Bonchev–Trinajstić information content (AvgIpc) is 2.66. The highest BCUT2D eigenvalue weighted by molar-refractivity contribution is 5.99. The molecule has 0 spiro atoms. The molecule has 112 valence electrons. The van der Waals surface area contributed by atoms with Gasteiger partial charge in [0, 0.05) is 42.3 Å². The highest BCUT2D eigenvalue weighted by atomic mass is 16.1. The van der Waals surface area contributed by atoms with Gasteiger partial charge in [0.25, 0.3) is 5.91 Å². The van der Waals surface area contributed by atoms with Gasteiger partial charge in [0.2, 0.25) is 0 Å². The molecule has 0 aliphatic carbocycles. The number of fused-ring (bicyclic) bond motifs is 1. The molecule has 0 radical (unpaired) electrons. The summed E-state index contributed by atoms with van der Waals surface area (Å²) in [6, 6.07) is 5.97. The van der Waals surface area contributed by atoms with Crippen LogP contribution < -0.4 is 5.32 Å². The number of benzene rings is 1. The highest BCUT2D eigenvalue weighted by Gasteiger charge is 2.14. The molecule has 1 aromatic carbocycles. The second kappa shape index (κ2) is 5.53. The first kappa shape index (κ1) is 14.1. The molecule has 3 rings (SSSR count). The summed E-state index contributed by atoms with van der Waals surface area (Å²) in [6.45, 7) is 8.25. The summed E-state index contributed by atoms with van der Waals surface area (Å²) in [5, 5.41) is 4.19. The van der Waals surface area contributed by atoms with Crippen LogP contribution in [0.1, 0.15) is 28.0 Å². The lowest BCUT2D eigenvalue weighted by Gasteiger charge is -2.30. The minimum absolute atomic E-state index is 0.0262. The monoisotopic (exact) mass is 285 g/mol. The zero-order valence-corrected chi connectivity index (χ0v) is 13.1. The Morgan fingerprint density at radius 1 is 1.29 bits per heavy atom. The molecule has 0 saturated carbocycles. The number of rotatable bonds is 4. The fourth-order valence-electron chi connectivity index (χ4n) is 2.93. The van der Waals surface area contributed by atoms with Gasteiger partial charge in [-0.2, -0.15) is 0 Å². The Morgan fingerprint density at radius 2 is 2.05 bits per heavy atom. The third kappa shape index (κ3) is 2.56. The number of aromatic nitrogens is 1. The summed E-state index contributed by atoms with van der Waals surface area (Å²) in [5.41, 5.74) is 4.44. The van der Waals surface area contributed by atoms with Gasteiger partial charge >= 0.3 is 0 Å². The molecule has 4 nitrogen and oxygen atoms in total. The molecule has 1 N–H and O–H groups in total. The van der Waals surface area contributed by atoms with Crippen LogP contribution in [0, 0.1) is 13.8 Å². The van der Waals surface area contributed by atoms with E-state index in [4.69, 9.17) is 0 Å². The molecule has 21 heavy (non-hydrogen) atoms. The Morgan fingerprint density at radius 3 is 2.71 bits per heavy atom. The Bertz CT molecular complexity index is 683. The first-order valence-electron chi connectivity index (χ1n) is 7.64. The van der Waals surface area contributed by atoms with Crippen molar-refractivity contribution in [3.05, 3.63) is 35.0 Å². The standard InChI is InChI=1S/C17H23N3O/c1-12-13(2)19(3)16-6-5-14(11-15(12)16)17(21)18-7-10-20-8-4-9-20/h5-6,11H,4,7-10H2,1-3H3,(H,18,21). The summed E-state index contributed by atoms with van der Waals surface area (Å²) >= 11 is 0. The maximum absolute atomic E-state index is 12.2. The minimum atomic E-state index is 0.0262. The predicted molar refractivity (Wildman–Crippen MR) is 85.8 cm³/mol. The Hall–Kier alpha value is -1.81. The molecule has 1 aliphatic rings. The van der Waals surface area contributed by atoms with E-state index >= 15 is 0 Å². The fraction of sp³-hybridized carbons (Fsp3) is 0.471. The van der Waals surface area contributed by atoms with Crippen molar-refractivity contribution in [2.24, 2.45) is 7.05 Å². The summed E-state index contributed by atoms with van der Waals surface area (Å²) in [7, 11) is 2.07. The van der Waals surface area contributed by atoms with E-state index in [1.807, 2.05) is 18.2 Å². The summed E-state index contributed by atoms with van der Waals surface area (Å²) in [5.74, 6) is 0.0262. The zero-order chi connectivity index (χ0) is 15.0. The Kier molecular flexibility index (Phi) is 3.72. The summed E-state index contributed by atoms with van der Waals surface area (Å²) < 4.78 is 2.18. The van der Waals surface area contributed by atoms with Crippen molar-refractivity contribution in [3.63, 3.8) is 0 Å². The lowest BCUT2D eigenvalue weighted by atomic mass is 10.1. The fourth-order valence-corrected chi connectivity index (χ4v) is 2.93. The van der Waals surface area contributed by atoms with Crippen LogP contribution in [0.4, 0.5) is 0 Å². The van der Waals surface area contributed by atoms with E-state index in [0.29, 0.717) is 0 Å². The lowest BCUT2D eigenvalue weighted by molar-refractivity contribution is 0.0941. The van der Waals surface area contributed by atoms with Crippen molar-refractivity contribution in [1.82, 2.24) is 14.8 Å². The van der Waals surface area contributed by atoms with Gasteiger partial charge in [0.1, 0.15) is 0 Å². The number of aryl methyl sites for hydroxylation is 2. The molecule has 0 unspecified atom stereocenters. The number of nitrogens with one attached hydrogen (secondary N) is 1. The molecule has 2 aromatic rings. The maximum atomic E-state index is 12.2. The van der Waals surface area contributed by atoms with Crippen LogP contribution in [-0.4, -0.2) is 41.6 Å². The number of carbonyl (C=O) groups excluding carboxylic acids is 1. The van der Waals surface area contributed by atoms with Crippen LogP contribution in [-0.2, 0) is 7.05 Å². The number of carbonyl (C=O) groups is 1. The minimum Gasteiger partial charge on any atom is -0.351 e. The molecule has 4 heteroatoms. The van der Waals surface area contributed by atoms with Crippen molar-refractivity contribution in [2.75, 3.05) is 26.2 Å². The number of nitrogens with zero attached hydrogens (tertiary/aromatic N) is 2. The van der Waals surface area contributed by atoms with E-state index in [1.54, 1.807) is 0 Å². The third-order valence-electron chi connectivity index (χ3n) is 4.73. The smallest absolute Gasteiger partial charge is 0.251 e. The number of hydrogen-bond donors (Lipinski definition) is 1. The highest BCUT2D eigenvalue weighted by Crippen LogP contribution is 2.25. The van der Waals surface area contributed by atoms with Gasteiger partial charge in [0.05, 0.1) is 0 Å². The second-order valence-corrected chi connectivity index (χ2v) is 5.95. The van der Waals surface area contributed by atoms with E-state index in [9.17, 15) is 4.79 Å². The lowest BCUT2D eigenvalue weighted by Crippen LogP contribution is -2.42. The summed E-state index contributed by atoms with van der Waals surface area (Å²) in [4.78, 5) is 14.6. The number of hydrogen-bond acceptors (Lipinski definition) is 2. The van der Waals surface area contributed by atoms with E-state index in [-0.39, 0.29) is 5.91 Å². The van der Waals surface area contributed by atoms with Gasteiger partial charge in [-0.1, -0.05) is 0 Å². The molecule has 1 amide bonds. The van der Waals surface area contributed by atoms with Crippen LogP contribution >= 0.6 is 0 Å². The van der Waals surface area contributed by atoms with E-state index in [0.717, 1.165) is 18.7 Å². The second-order valence-electron chi connectivity index (χ2n) is 5.95. The van der Waals surface area contributed by atoms with Crippen LogP contribution in [0.25, 0.3) is 10.9 Å². The SMILES string of the molecule is Cc1c(C)n(C)c2ccc(C(=O)NCCN3CCC3)cc12. The molecule has 1 fully saturated rings. The van der Waals surface area contributed by atoms with Crippen LogP contribution in [0.2, 0.25) is 0 Å². The van der Waals surface area contributed by atoms with Crippen molar-refractivity contribution >= 4 is 16.8 Å². The van der Waals surface area contributed by atoms with Gasteiger partial charge in [-0.25, -0.2) is 0 Å². The molecular formula is C17H23N3O. The molecule has 1 saturated heterocycles. The Labute approximate surface area is 125 Å². The van der Waals surface area contributed by atoms with Gasteiger partial charge < -0.3 is 14.8 Å². The van der Waals surface area contributed by atoms with Crippen molar-refractivity contribution < 1.29 is 4.79 Å². The molecule has 0 bridgehead atoms. The largest absolute Gasteiger partial charge is 0.351 e. The average molecular weight is 285 g/mol. The first-order chi connectivity index (χ1) is 10.1. The first-order valence-corrected chi connectivity index (χ1v) is 7.64.